The number of nitrogens with zero attached hydrogens (tertiary/aromatic N) is 2. The molecule has 6 heteroatoms. The van der Waals surface area contributed by atoms with Crippen LogP contribution < -0.4 is 5.32 Å². The Hall–Kier alpha value is -0.460. The highest BCUT2D eigenvalue weighted by Gasteiger charge is 2.27. The zero-order valence-corrected chi connectivity index (χ0v) is 13.6. The van der Waals surface area contributed by atoms with E-state index in [0.717, 1.165) is 64.5 Å². The molecule has 2 amide bonds. The predicted octanol–water partition coefficient (Wildman–Crippen LogP) is 1.25. The summed E-state index contributed by atoms with van der Waals surface area (Å²) in [7, 11) is 0. The van der Waals surface area contributed by atoms with Crippen LogP contribution in [-0.2, 0) is 4.74 Å². The van der Waals surface area contributed by atoms with E-state index in [-0.39, 0.29) is 6.03 Å². The molecule has 21 heavy (non-hydrogen) atoms. The van der Waals surface area contributed by atoms with Gasteiger partial charge in [0.2, 0.25) is 0 Å². The maximum atomic E-state index is 12.4. The van der Waals surface area contributed by atoms with Crippen molar-refractivity contribution in [3.05, 3.63) is 0 Å². The number of morpholine rings is 1. The predicted molar refractivity (Wildman–Crippen MR) is 85.8 cm³/mol. The van der Waals surface area contributed by atoms with Crippen molar-refractivity contribution < 1.29 is 9.53 Å². The standard InChI is InChI=1S/C15H27N3O2S/c19-15(16-14-3-9-21-12-14)18-4-1-2-13(11-18)10-17-5-7-20-8-6-17/h13-14H,1-12H2,(H,16,19)/t13-,14-/m0/s1. The minimum absolute atomic E-state index is 0.161. The second kappa shape index (κ2) is 7.70. The lowest BCUT2D eigenvalue weighted by molar-refractivity contribution is 0.0248. The van der Waals surface area contributed by atoms with Gasteiger partial charge in [0.05, 0.1) is 13.2 Å². The Bertz CT molecular complexity index is 344. The molecule has 120 valence electrons. The number of urea groups is 1. The molecule has 1 N–H and O–H groups in total. The summed E-state index contributed by atoms with van der Waals surface area (Å²) in [4.78, 5) is 16.9. The van der Waals surface area contributed by atoms with Crippen LogP contribution in [0.15, 0.2) is 0 Å². The van der Waals surface area contributed by atoms with Gasteiger partial charge in [0.15, 0.2) is 0 Å². The molecule has 0 saturated carbocycles. The summed E-state index contributed by atoms with van der Waals surface area (Å²) in [6.45, 7) is 6.76. The molecule has 0 bridgehead atoms. The first kappa shape index (κ1) is 15.4. The van der Waals surface area contributed by atoms with E-state index in [1.165, 1.54) is 12.2 Å². The smallest absolute Gasteiger partial charge is 0.317 e. The first-order valence-corrected chi connectivity index (χ1v) is 9.40. The van der Waals surface area contributed by atoms with Crippen LogP contribution >= 0.6 is 11.8 Å². The van der Waals surface area contributed by atoms with Crippen LogP contribution in [-0.4, -0.2) is 79.3 Å². The van der Waals surface area contributed by atoms with E-state index in [1.807, 2.05) is 16.7 Å². The highest BCUT2D eigenvalue weighted by Crippen LogP contribution is 2.20. The Balaban J connectivity index is 1.44. The van der Waals surface area contributed by atoms with Crippen molar-refractivity contribution in [3.8, 4) is 0 Å². The van der Waals surface area contributed by atoms with E-state index in [9.17, 15) is 4.79 Å². The lowest BCUT2D eigenvalue weighted by Gasteiger charge is -2.37. The van der Waals surface area contributed by atoms with Crippen LogP contribution in [0.3, 0.4) is 0 Å². The fourth-order valence-electron chi connectivity index (χ4n) is 3.46. The van der Waals surface area contributed by atoms with Gasteiger partial charge < -0.3 is 15.0 Å². The minimum Gasteiger partial charge on any atom is -0.379 e. The van der Waals surface area contributed by atoms with Crippen molar-refractivity contribution in [1.82, 2.24) is 15.1 Å². The van der Waals surface area contributed by atoms with Gasteiger partial charge in [0, 0.05) is 44.5 Å². The number of nitrogens with one attached hydrogen (secondary N) is 1. The van der Waals surface area contributed by atoms with Gasteiger partial charge in [-0.1, -0.05) is 0 Å². The van der Waals surface area contributed by atoms with Gasteiger partial charge in [-0.15, -0.1) is 0 Å². The number of thioether (sulfide) groups is 1. The van der Waals surface area contributed by atoms with Crippen molar-refractivity contribution in [3.63, 3.8) is 0 Å². The van der Waals surface area contributed by atoms with Crippen molar-refractivity contribution in [2.75, 3.05) is 57.4 Å². The zero-order chi connectivity index (χ0) is 14.5. The Morgan fingerprint density at radius 3 is 2.86 bits per heavy atom. The van der Waals surface area contributed by atoms with Crippen molar-refractivity contribution in [1.29, 1.82) is 0 Å². The van der Waals surface area contributed by atoms with Gasteiger partial charge >= 0.3 is 6.03 Å². The highest BCUT2D eigenvalue weighted by molar-refractivity contribution is 7.99. The van der Waals surface area contributed by atoms with Crippen molar-refractivity contribution in [2.24, 2.45) is 5.92 Å². The molecule has 3 aliphatic rings. The molecule has 3 aliphatic heterocycles. The largest absolute Gasteiger partial charge is 0.379 e. The second-order valence-electron chi connectivity index (χ2n) is 6.38. The van der Waals surface area contributed by atoms with Crippen LogP contribution in [0, 0.1) is 5.92 Å². The molecule has 3 rings (SSSR count). The summed E-state index contributed by atoms with van der Waals surface area (Å²) in [6.07, 6.45) is 3.52. The topological polar surface area (TPSA) is 44.8 Å². The molecule has 0 aromatic heterocycles. The summed E-state index contributed by atoms with van der Waals surface area (Å²) in [6, 6.07) is 0.552. The molecule has 0 aromatic carbocycles. The molecule has 5 nitrogen and oxygen atoms in total. The van der Waals surface area contributed by atoms with Crippen LogP contribution in [0.4, 0.5) is 4.79 Å². The number of piperidine rings is 1. The number of amides is 2. The van der Waals surface area contributed by atoms with Gasteiger partial charge in [0.25, 0.3) is 0 Å². The Kier molecular flexibility index (Phi) is 5.66. The van der Waals surface area contributed by atoms with Crippen molar-refractivity contribution in [2.45, 2.75) is 25.3 Å². The minimum atomic E-state index is 0.161. The molecule has 3 saturated heterocycles. The zero-order valence-electron chi connectivity index (χ0n) is 12.8. The SMILES string of the molecule is O=C(N[C@H]1CCSC1)N1CCC[C@@H](CN2CCOCC2)C1. The average Bonchev–Trinajstić information content (AvgIpc) is 3.01. The molecule has 2 atom stereocenters. The molecule has 0 aromatic rings. The molecule has 0 radical (unpaired) electrons. The van der Waals surface area contributed by atoms with Gasteiger partial charge in [-0.05, 0) is 30.9 Å². The Morgan fingerprint density at radius 1 is 1.24 bits per heavy atom. The van der Waals surface area contributed by atoms with E-state index < -0.39 is 0 Å². The number of carbonyl (C=O) groups excluding carboxylic acids is 1. The number of carbonyl (C=O) groups is 1. The number of hydrogen-bond acceptors (Lipinski definition) is 4. The summed E-state index contributed by atoms with van der Waals surface area (Å²) >= 11 is 1.94. The first-order valence-electron chi connectivity index (χ1n) is 8.24. The highest BCUT2D eigenvalue weighted by atomic mass is 32.2. The third-order valence-corrected chi connectivity index (χ3v) is 5.85. The third kappa shape index (κ3) is 4.50. The summed E-state index contributed by atoms with van der Waals surface area (Å²) < 4.78 is 5.40. The van der Waals surface area contributed by atoms with E-state index in [1.54, 1.807) is 0 Å². The molecular weight excluding hydrogens is 286 g/mol. The van der Waals surface area contributed by atoms with E-state index in [0.29, 0.717) is 12.0 Å². The van der Waals surface area contributed by atoms with Crippen LogP contribution in [0.5, 0.6) is 0 Å². The van der Waals surface area contributed by atoms with Gasteiger partial charge in [-0.2, -0.15) is 11.8 Å². The van der Waals surface area contributed by atoms with Gasteiger partial charge in [0.1, 0.15) is 0 Å². The van der Waals surface area contributed by atoms with Crippen LogP contribution in [0.1, 0.15) is 19.3 Å². The Labute approximate surface area is 131 Å². The average molecular weight is 313 g/mol. The molecule has 0 unspecified atom stereocenters. The van der Waals surface area contributed by atoms with E-state index in [2.05, 4.69) is 10.2 Å². The fourth-order valence-corrected chi connectivity index (χ4v) is 4.61. The fraction of sp³-hybridized carbons (Fsp3) is 0.933. The van der Waals surface area contributed by atoms with Gasteiger partial charge in [-0.25, -0.2) is 4.79 Å². The van der Waals surface area contributed by atoms with Crippen molar-refractivity contribution >= 4 is 17.8 Å². The lowest BCUT2D eigenvalue weighted by Crippen LogP contribution is -2.50. The number of likely N-dealkylation sites (tertiary alicyclic amines) is 1. The van der Waals surface area contributed by atoms with Crippen LogP contribution in [0.2, 0.25) is 0 Å². The maximum absolute atomic E-state index is 12.4. The first-order chi connectivity index (χ1) is 10.3. The quantitative estimate of drug-likeness (QED) is 0.852. The number of rotatable bonds is 3. The number of ether oxygens (including phenoxy) is 1. The Morgan fingerprint density at radius 2 is 2.10 bits per heavy atom. The van der Waals surface area contributed by atoms with E-state index in [4.69, 9.17) is 4.74 Å². The summed E-state index contributed by atoms with van der Waals surface area (Å²) in [5.74, 6) is 2.89. The molecule has 3 heterocycles. The number of hydrogen-bond donors (Lipinski definition) is 1. The second-order valence-corrected chi connectivity index (χ2v) is 7.53. The lowest BCUT2D eigenvalue weighted by atomic mass is 9.97. The molecular formula is C15H27N3O2S. The maximum Gasteiger partial charge on any atom is 0.317 e. The molecule has 0 aliphatic carbocycles. The van der Waals surface area contributed by atoms with Gasteiger partial charge in [-0.3, -0.25) is 4.90 Å². The monoisotopic (exact) mass is 313 g/mol. The summed E-state index contributed by atoms with van der Waals surface area (Å²) in [5, 5.41) is 3.21. The van der Waals surface area contributed by atoms with E-state index >= 15 is 0 Å². The summed E-state index contributed by atoms with van der Waals surface area (Å²) in [5.41, 5.74) is 0. The van der Waals surface area contributed by atoms with Crippen LogP contribution in [0.25, 0.3) is 0 Å². The molecule has 0 spiro atoms. The normalized spacial score (nSPS) is 31.3. The third-order valence-electron chi connectivity index (χ3n) is 4.68. The molecule has 3 fully saturated rings.